The van der Waals surface area contributed by atoms with Crippen molar-refractivity contribution < 1.29 is 9.66 Å². The van der Waals surface area contributed by atoms with E-state index < -0.39 is 4.92 Å². The Bertz CT molecular complexity index is 788. The minimum absolute atomic E-state index is 0.144. The minimum atomic E-state index is -0.514. The summed E-state index contributed by atoms with van der Waals surface area (Å²) in [6, 6.07) is 7.21. The number of nitrogens with two attached hydrogens (primary N) is 1. The van der Waals surface area contributed by atoms with Crippen LogP contribution in [0.4, 0.5) is 29.0 Å². The van der Waals surface area contributed by atoms with E-state index in [2.05, 4.69) is 22.2 Å². The molecule has 0 atom stereocenters. The second-order valence-corrected chi connectivity index (χ2v) is 6.38. The third kappa shape index (κ3) is 3.76. The largest absolute Gasteiger partial charge is 0.497 e. The fourth-order valence-corrected chi connectivity index (χ4v) is 2.94. The third-order valence-corrected chi connectivity index (χ3v) is 4.50. The first-order chi connectivity index (χ1) is 12.5. The number of rotatable bonds is 5. The lowest BCUT2D eigenvalue weighted by molar-refractivity contribution is -0.383. The zero-order valence-electron chi connectivity index (χ0n) is 14.8. The van der Waals surface area contributed by atoms with Crippen LogP contribution in [0.1, 0.15) is 19.8 Å². The molecule has 0 aliphatic carbocycles. The summed E-state index contributed by atoms with van der Waals surface area (Å²) in [5.74, 6) is 1.68. The smallest absolute Gasteiger partial charge is 0.353 e. The number of hydrogen-bond acceptors (Lipinski definition) is 8. The molecule has 0 amide bonds. The fraction of sp³-hybridized carbons (Fsp3) is 0.412. The van der Waals surface area contributed by atoms with Gasteiger partial charge in [0.2, 0.25) is 17.6 Å². The van der Waals surface area contributed by atoms with E-state index in [4.69, 9.17) is 10.5 Å². The van der Waals surface area contributed by atoms with Crippen LogP contribution in [0.25, 0.3) is 0 Å². The molecule has 0 bridgehead atoms. The van der Waals surface area contributed by atoms with Gasteiger partial charge in [-0.1, -0.05) is 6.92 Å². The summed E-state index contributed by atoms with van der Waals surface area (Å²) in [5.41, 5.74) is 6.37. The molecular formula is C17H22N6O3. The van der Waals surface area contributed by atoms with Crippen molar-refractivity contribution in [3.63, 3.8) is 0 Å². The second kappa shape index (κ2) is 7.42. The van der Waals surface area contributed by atoms with Crippen molar-refractivity contribution in [2.24, 2.45) is 5.92 Å². The number of piperidine rings is 1. The third-order valence-electron chi connectivity index (χ3n) is 4.50. The molecule has 0 spiro atoms. The Kier molecular flexibility index (Phi) is 5.06. The lowest BCUT2D eigenvalue weighted by Crippen LogP contribution is -2.34. The van der Waals surface area contributed by atoms with Crippen molar-refractivity contribution in [2.45, 2.75) is 19.8 Å². The number of hydrogen-bond donors (Lipinski definition) is 2. The van der Waals surface area contributed by atoms with Crippen molar-refractivity contribution in [2.75, 3.05) is 36.1 Å². The van der Waals surface area contributed by atoms with E-state index in [9.17, 15) is 10.1 Å². The molecule has 1 fully saturated rings. The van der Waals surface area contributed by atoms with Crippen LogP contribution in [0.2, 0.25) is 0 Å². The molecule has 1 aliphatic heterocycles. The highest BCUT2D eigenvalue weighted by Gasteiger charge is 2.29. The second-order valence-electron chi connectivity index (χ2n) is 6.38. The molecule has 1 aromatic heterocycles. The van der Waals surface area contributed by atoms with Crippen molar-refractivity contribution >= 4 is 29.0 Å². The fourth-order valence-electron chi connectivity index (χ4n) is 2.94. The van der Waals surface area contributed by atoms with E-state index in [1.807, 2.05) is 17.0 Å². The van der Waals surface area contributed by atoms with Gasteiger partial charge in [0.15, 0.2) is 0 Å². The summed E-state index contributed by atoms with van der Waals surface area (Å²) in [7, 11) is 1.59. The van der Waals surface area contributed by atoms with Gasteiger partial charge in [0.05, 0.1) is 12.0 Å². The van der Waals surface area contributed by atoms with E-state index in [0.29, 0.717) is 19.0 Å². The number of nitrogen functional groups attached to an aromatic ring is 1. The molecule has 2 heterocycles. The minimum Gasteiger partial charge on any atom is -0.497 e. The highest BCUT2D eigenvalue weighted by molar-refractivity contribution is 5.72. The molecule has 1 aromatic carbocycles. The van der Waals surface area contributed by atoms with Crippen LogP contribution in [0.15, 0.2) is 24.3 Å². The Morgan fingerprint density at radius 1 is 1.27 bits per heavy atom. The van der Waals surface area contributed by atoms with Crippen LogP contribution in [0.5, 0.6) is 5.75 Å². The van der Waals surface area contributed by atoms with Crippen molar-refractivity contribution in [3.8, 4) is 5.75 Å². The van der Waals surface area contributed by atoms with Crippen LogP contribution in [-0.4, -0.2) is 35.1 Å². The summed E-state index contributed by atoms with van der Waals surface area (Å²) < 4.78 is 5.13. The number of benzene rings is 1. The zero-order chi connectivity index (χ0) is 18.7. The molecule has 3 rings (SSSR count). The SMILES string of the molecule is COc1ccc(Nc2nc(N)c([N+](=O)[O-])c(N3CCC(C)CC3)n2)cc1. The first kappa shape index (κ1) is 17.7. The monoisotopic (exact) mass is 358 g/mol. The molecular weight excluding hydrogens is 336 g/mol. The maximum absolute atomic E-state index is 11.5. The standard InChI is InChI=1S/C17H22N6O3/c1-11-7-9-22(10-8-11)16-14(23(24)25)15(18)20-17(21-16)19-12-3-5-13(26-2)6-4-12/h3-6,11H,7-10H2,1-2H3,(H3,18,19,20,21). The maximum atomic E-state index is 11.5. The van der Waals surface area contributed by atoms with Crippen molar-refractivity contribution in [1.82, 2.24) is 9.97 Å². The van der Waals surface area contributed by atoms with Gasteiger partial charge in [0.25, 0.3) is 0 Å². The highest BCUT2D eigenvalue weighted by Crippen LogP contribution is 2.34. The number of nitrogens with one attached hydrogen (secondary N) is 1. The maximum Gasteiger partial charge on any atom is 0.353 e. The van der Waals surface area contributed by atoms with Crippen molar-refractivity contribution in [1.29, 1.82) is 0 Å². The first-order valence-corrected chi connectivity index (χ1v) is 8.46. The van der Waals surface area contributed by atoms with Gasteiger partial charge in [0, 0.05) is 18.8 Å². The Balaban J connectivity index is 1.92. The van der Waals surface area contributed by atoms with E-state index >= 15 is 0 Å². The van der Waals surface area contributed by atoms with Crippen LogP contribution < -0.4 is 20.7 Å². The Morgan fingerprint density at radius 3 is 2.50 bits per heavy atom. The van der Waals surface area contributed by atoms with Gasteiger partial charge in [-0.05, 0) is 43.0 Å². The predicted molar refractivity (Wildman–Crippen MR) is 100.0 cm³/mol. The van der Waals surface area contributed by atoms with E-state index in [0.717, 1.165) is 24.3 Å². The molecule has 1 saturated heterocycles. The topological polar surface area (TPSA) is 119 Å². The molecule has 0 saturated carbocycles. The highest BCUT2D eigenvalue weighted by atomic mass is 16.6. The Hall–Kier alpha value is -3.10. The lowest BCUT2D eigenvalue weighted by Gasteiger charge is -2.31. The molecule has 9 nitrogen and oxygen atoms in total. The molecule has 138 valence electrons. The first-order valence-electron chi connectivity index (χ1n) is 8.46. The van der Waals surface area contributed by atoms with Gasteiger partial charge in [-0.15, -0.1) is 0 Å². The number of anilines is 4. The number of nitro groups is 1. The van der Waals surface area contributed by atoms with Gasteiger partial charge in [-0.25, -0.2) is 0 Å². The average Bonchev–Trinajstić information content (AvgIpc) is 2.62. The number of nitrogens with zero attached hydrogens (tertiary/aromatic N) is 4. The van der Waals surface area contributed by atoms with Gasteiger partial charge >= 0.3 is 5.69 Å². The molecule has 3 N–H and O–H groups in total. The number of ether oxygens (including phenoxy) is 1. The predicted octanol–water partition coefficient (Wildman–Crippen LogP) is 2.96. The summed E-state index contributed by atoms with van der Waals surface area (Å²) in [6.45, 7) is 3.59. The molecule has 26 heavy (non-hydrogen) atoms. The van der Waals surface area contributed by atoms with Crippen molar-refractivity contribution in [3.05, 3.63) is 34.4 Å². The summed E-state index contributed by atoms with van der Waals surface area (Å²) in [5, 5.41) is 14.5. The number of methoxy groups -OCH3 is 1. The van der Waals surface area contributed by atoms with Gasteiger partial charge in [-0.2, -0.15) is 9.97 Å². The molecule has 1 aliphatic rings. The van der Waals surface area contributed by atoms with Gasteiger partial charge in [0.1, 0.15) is 5.75 Å². The Morgan fingerprint density at radius 2 is 1.92 bits per heavy atom. The molecule has 0 radical (unpaired) electrons. The van der Waals surface area contributed by atoms with Crippen LogP contribution in [0, 0.1) is 16.0 Å². The summed E-state index contributed by atoms with van der Waals surface area (Å²) in [6.07, 6.45) is 1.92. The van der Waals surface area contributed by atoms with Gasteiger partial charge in [-0.3, -0.25) is 10.1 Å². The van der Waals surface area contributed by atoms with Crippen LogP contribution in [-0.2, 0) is 0 Å². The molecule has 2 aromatic rings. The average molecular weight is 358 g/mol. The normalized spacial score (nSPS) is 14.9. The lowest BCUT2D eigenvalue weighted by atomic mass is 9.99. The quantitative estimate of drug-likeness (QED) is 0.618. The van der Waals surface area contributed by atoms with E-state index in [-0.39, 0.29) is 23.3 Å². The van der Waals surface area contributed by atoms with E-state index in [1.54, 1.807) is 19.2 Å². The Labute approximate surface area is 151 Å². The molecule has 0 unspecified atom stereocenters. The number of aromatic nitrogens is 2. The summed E-state index contributed by atoms with van der Waals surface area (Å²) in [4.78, 5) is 21.3. The van der Waals surface area contributed by atoms with Gasteiger partial charge < -0.3 is 20.7 Å². The zero-order valence-corrected chi connectivity index (χ0v) is 14.8. The summed E-state index contributed by atoms with van der Waals surface area (Å²) >= 11 is 0. The van der Waals surface area contributed by atoms with Crippen LogP contribution >= 0.6 is 0 Å². The van der Waals surface area contributed by atoms with E-state index in [1.165, 1.54) is 0 Å². The van der Waals surface area contributed by atoms with Crippen LogP contribution in [0.3, 0.4) is 0 Å². The molecule has 9 heteroatoms.